The molecule has 2 heterocycles. The molecule has 6 nitrogen and oxygen atoms in total. The topological polar surface area (TPSA) is 80.8 Å². The third kappa shape index (κ3) is 4.54. The SMILES string of the molecule is CCN(C(=O)[C@H](C)OC(=O)c1cc2c(s1)CC[C@H](C)C2)[C@H]1CCS(=O)(=O)C1. The van der Waals surface area contributed by atoms with Gasteiger partial charge in [-0.25, -0.2) is 13.2 Å². The minimum Gasteiger partial charge on any atom is -0.448 e. The monoisotopic (exact) mass is 413 g/mol. The molecule has 0 unspecified atom stereocenters. The van der Waals surface area contributed by atoms with Crippen LogP contribution in [-0.2, 0) is 32.2 Å². The minimum atomic E-state index is -3.08. The van der Waals surface area contributed by atoms with Gasteiger partial charge in [0.1, 0.15) is 4.88 Å². The Hall–Kier alpha value is -1.41. The zero-order valence-corrected chi connectivity index (χ0v) is 17.7. The molecule has 27 heavy (non-hydrogen) atoms. The highest BCUT2D eigenvalue weighted by atomic mass is 32.2. The van der Waals surface area contributed by atoms with Crippen LogP contribution in [0.2, 0.25) is 0 Å². The maximum atomic E-state index is 12.7. The highest BCUT2D eigenvalue weighted by Gasteiger charge is 2.36. The Morgan fingerprint density at radius 1 is 1.37 bits per heavy atom. The average Bonchev–Trinajstić information content (AvgIpc) is 3.18. The minimum absolute atomic E-state index is 0.0108. The van der Waals surface area contributed by atoms with Crippen LogP contribution < -0.4 is 0 Å². The van der Waals surface area contributed by atoms with Gasteiger partial charge in [0.05, 0.1) is 11.5 Å². The van der Waals surface area contributed by atoms with E-state index in [1.54, 1.807) is 6.92 Å². The Kier molecular flexibility index (Phi) is 5.96. The number of hydrogen-bond donors (Lipinski definition) is 0. The summed E-state index contributed by atoms with van der Waals surface area (Å²) in [5.74, 6) is -0.0872. The van der Waals surface area contributed by atoms with Crippen LogP contribution in [0.15, 0.2) is 6.07 Å². The Morgan fingerprint density at radius 2 is 2.11 bits per heavy atom. The molecule has 1 aliphatic carbocycles. The van der Waals surface area contributed by atoms with Crippen molar-refractivity contribution in [3.8, 4) is 0 Å². The van der Waals surface area contributed by atoms with E-state index in [2.05, 4.69) is 6.92 Å². The number of amides is 1. The van der Waals surface area contributed by atoms with E-state index in [-0.39, 0.29) is 23.5 Å². The molecule has 1 amide bonds. The van der Waals surface area contributed by atoms with Crippen LogP contribution >= 0.6 is 11.3 Å². The molecule has 2 aliphatic rings. The largest absolute Gasteiger partial charge is 0.448 e. The molecule has 0 saturated carbocycles. The van der Waals surface area contributed by atoms with Gasteiger partial charge < -0.3 is 9.64 Å². The van der Waals surface area contributed by atoms with Gasteiger partial charge in [-0.15, -0.1) is 11.3 Å². The summed E-state index contributed by atoms with van der Waals surface area (Å²) >= 11 is 1.46. The van der Waals surface area contributed by atoms with E-state index in [4.69, 9.17) is 4.74 Å². The van der Waals surface area contributed by atoms with Gasteiger partial charge in [-0.05, 0) is 57.1 Å². The van der Waals surface area contributed by atoms with E-state index in [1.807, 2.05) is 13.0 Å². The number of carbonyl (C=O) groups excluding carboxylic acids is 2. The molecule has 1 fully saturated rings. The zero-order chi connectivity index (χ0) is 19.8. The molecule has 3 atom stereocenters. The number of likely N-dealkylation sites (N-methyl/N-ethyl adjacent to an activating group) is 1. The number of rotatable bonds is 5. The summed E-state index contributed by atoms with van der Waals surface area (Å²) in [6.45, 7) is 5.97. The molecular weight excluding hydrogens is 386 g/mol. The fourth-order valence-corrected chi connectivity index (χ4v) is 6.75. The van der Waals surface area contributed by atoms with Crippen molar-refractivity contribution in [3.63, 3.8) is 0 Å². The standard InChI is InChI=1S/C19H27NO5S2/c1-4-20(15-7-8-27(23,24)11-15)18(21)13(3)25-19(22)17-10-14-9-12(2)5-6-16(14)26-17/h10,12-13,15H,4-9,11H2,1-3H3/t12-,13-,15-/m0/s1. The van der Waals surface area contributed by atoms with Crippen molar-refractivity contribution in [2.24, 2.45) is 5.92 Å². The van der Waals surface area contributed by atoms with Gasteiger partial charge in [0, 0.05) is 17.5 Å². The maximum Gasteiger partial charge on any atom is 0.349 e. The van der Waals surface area contributed by atoms with Crippen molar-refractivity contribution in [3.05, 3.63) is 21.4 Å². The average molecular weight is 414 g/mol. The number of nitrogens with zero attached hydrogens (tertiary/aromatic N) is 1. The van der Waals surface area contributed by atoms with Gasteiger partial charge in [0.2, 0.25) is 0 Å². The lowest BCUT2D eigenvalue weighted by atomic mass is 9.90. The van der Waals surface area contributed by atoms with Crippen molar-refractivity contribution in [2.75, 3.05) is 18.1 Å². The Bertz CT molecular complexity index is 829. The Morgan fingerprint density at radius 3 is 2.74 bits per heavy atom. The first-order valence-electron chi connectivity index (χ1n) is 9.53. The van der Waals surface area contributed by atoms with Crippen LogP contribution in [0.25, 0.3) is 0 Å². The number of ether oxygens (including phenoxy) is 1. The Balaban J connectivity index is 1.64. The van der Waals surface area contributed by atoms with Crippen molar-refractivity contribution in [2.45, 2.75) is 58.6 Å². The molecule has 1 aromatic heterocycles. The number of thiophene rings is 1. The molecule has 150 valence electrons. The summed E-state index contributed by atoms with van der Waals surface area (Å²) in [5, 5.41) is 0. The van der Waals surface area contributed by atoms with Crippen molar-refractivity contribution < 1.29 is 22.7 Å². The third-order valence-electron chi connectivity index (χ3n) is 5.43. The number of sulfone groups is 1. The number of aryl methyl sites for hydroxylation is 1. The summed E-state index contributed by atoms with van der Waals surface area (Å²) in [4.78, 5) is 28.6. The molecule has 8 heteroatoms. The number of esters is 1. The number of hydrogen-bond acceptors (Lipinski definition) is 6. The lowest BCUT2D eigenvalue weighted by molar-refractivity contribution is -0.141. The first kappa shape index (κ1) is 20.3. The molecule has 1 saturated heterocycles. The molecule has 0 radical (unpaired) electrons. The lowest BCUT2D eigenvalue weighted by Gasteiger charge is -2.29. The van der Waals surface area contributed by atoms with Crippen LogP contribution in [0.3, 0.4) is 0 Å². The van der Waals surface area contributed by atoms with Crippen LogP contribution in [0.5, 0.6) is 0 Å². The second-order valence-corrected chi connectivity index (χ2v) is 11.0. The zero-order valence-electron chi connectivity index (χ0n) is 16.1. The fraction of sp³-hybridized carbons (Fsp3) is 0.684. The first-order chi connectivity index (χ1) is 12.7. The summed E-state index contributed by atoms with van der Waals surface area (Å²) in [6.07, 6.45) is 2.61. The van der Waals surface area contributed by atoms with Gasteiger partial charge >= 0.3 is 5.97 Å². The summed E-state index contributed by atoms with van der Waals surface area (Å²) in [6, 6.07) is 1.57. The second-order valence-electron chi connectivity index (χ2n) is 7.64. The van der Waals surface area contributed by atoms with Crippen LogP contribution in [0.4, 0.5) is 0 Å². The van der Waals surface area contributed by atoms with Gasteiger partial charge in [-0.1, -0.05) is 6.92 Å². The predicted octanol–water partition coefficient (Wildman–Crippen LogP) is 2.45. The predicted molar refractivity (Wildman–Crippen MR) is 105 cm³/mol. The highest BCUT2D eigenvalue weighted by Crippen LogP contribution is 2.32. The maximum absolute atomic E-state index is 12.7. The quantitative estimate of drug-likeness (QED) is 0.693. The Labute approximate surface area is 164 Å². The third-order valence-corrected chi connectivity index (χ3v) is 8.40. The summed E-state index contributed by atoms with van der Waals surface area (Å²) < 4.78 is 28.9. The molecule has 1 aliphatic heterocycles. The van der Waals surface area contributed by atoms with E-state index >= 15 is 0 Å². The molecule has 0 N–H and O–H groups in total. The van der Waals surface area contributed by atoms with Gasteiger partial charge in [0.15, 0.2) is 15.9 Å². The van der Waals surface area contributed by atoms with Crippen LogP contribution in [-0.4, -0.2) is 55.4 Å². The number of fused-ring (bicyclic) bond motifs is 1. The fourth-order valence-electron chi connectivity index (χ4n) is 3.92. The molecule has 0 aromatic carbocycles. The summed E-state index contributed by atoms with van der Waals surface area (Å²) in [5.41, 5.74) is 1.22. The molecular formula is C19H27NO5S2. The van der Waals surface area contributed by atoms with E-state index in [9.17, 15) is 18.0 Å². The van der Waals surface area contributed by atoms with Crippen LogP contribution in [0, 0.1) is 5.92 Å². The van der Waals surface area contributed by atoms with Crippen molar-refractivity contribution in [1.82, 2.24) is 4.90 Å². The molecule has 0 spiro atoms. The molecule has 3 rings (SSSR count). The van der Waals surface area contributed by atoms with E-state index in [1.165, 1.54) is 26.7 Å². The normalized spacial score (nSPS) is 24.9. The van der Waals surface area contributed by atoms with E-state index < -0.39 is 21.9 Å². The van der Waals surface area contributed by atoms with Crippen molar-refractivity contribution in [1.29, 1.82) is 0 Å². The van der Waals surface area contributed by atoms with Crippen LogP contribution in [0.1, 0.15) is 53.7 Å². The molecule has 0 bridgehead atoms. The first-order valence-corrected chi connectivity index (χ1v) is 12.2. The van der Waals surface area contributed by atoms with E-state index in [0.29, 0.717) is 23.8 Å². The second kappa shape index (κ2) is 7.91. The van der Waals surface area contributed by atoms with Crippen molar-refractivity contribution >= 4 is 33.1 Å². The van der Waals surface area contributed by atoms with Gasteiger partial charge in [-0.3, -0.25) is 4.79 Å². The van der Waals surface area contributed by atoms with Gasteiger partial charge in [0.25, 0.3) is 5.91 Å². The van der Waals surface area contributed by atoms with Gasteiger partial charge in [-0.2, -0.15) is 0 Å². The summed E-state index contributed by atoms with van der Waals surface area (Å²) in [7, 11) is -3.08. The number of carbonyl (C=O) groups is 2. The lowest BCUT2D eigenvalue weighted by Crippen LogP contribution is -2.46. The van der Waals surface area contributed by atoms with E-state index in [0.717, 1.165) is 19.3 Å². The smallest absolute Gasteiger partial charge is 0.349 e. The molecule has 1 aromatic rings. The highest BCUT2D eigenvalue weighted by molar-refractivity contribution is 7.91.